The molecule has 0 bridgehead atoms. The lowest BCUT2D eigenvalue weighted by Gasteiger charge is -2.03. The maximum atomic E-state index is 4.45. The summed E-state index contributed by atoms with van der Waals surface area (Å²) in [6.45, 7) is 2.91. The van der Waals surface area contributed by atoms with Gasteiger partial charge in [0.05, 0.1) is 12.7 Å². The SMILES string of the molecule is Cc1cccc(Cn2cc(-c3cccc(Br)c3)cn2)c1. The second kappa shape index (κ2) is 5.63. The number of aryl methyl sites for hydroxylation is 1. The summed E-state index contributed by atoms with van der Waals surface area (Å²) in [5.74, 6) is 0. The van der Waals surface area contributed by atoms with Crippen LogP contribution >= 0.6 is 15.9 Å². The number of benzene rings is 2. The lowest BCUT2D eigenvalue weighted by molar-refractivity contribution is 0.686. The summed E-state index contributed by atoms with van der Waals surface area (Å²) in [4.78, 5) is 0. The van der Waals surface area contributed by atoms with Crippen LogP contribution in [-0.4, -0.2) is 9.78 Å². The van der Waals surface area contributed by atoms with Gasteiger partial charge >= 0.3 is 0 Å². The van der Waals surface area contributed by atoms with Crippen LogP contribution in [0, 0.1) is 6.92 Å². The molecule has 0 N–H and O–H groups in total. The first-order valence-corrected chi connectivity index (χ1v) is 7.34. The first-order chi connectivity index (χ1) is 9.70. The van der Waals surface area contributed by atoms with Gasteiger partial charge in [0.25, 0.3) is 0 Å². The van der Waals surface area contributed by atoms with Gasteiger partial charge in [-0.05, 0) is 30.2 Å². The average molecular weight is 327 g/mol. The van der Waals surface area contributed by atoms with E-state index < -0.39 is 0 Å². The average Bonchev–Trinajstić information content (AvgIpc) is 2.87. The van der Waals surface area contributed by atoms with Crippen LogP contribution in [0.25, 0.3) is 11.1 Å². The van der Waals surface area contributed by atoms with Crippen LogP contribution in [0.15, 0.2) is 65.4 Å². The highest BCUT2D eigenvalue weighted by atomic mass is 79.9. The fraction of sp³-hybridized carbons (Fsp3) is 0.118. The van der Waals surface area contributed by atoms with E-state index in [1.54, 1.807) is 0 Å². The highest BCUT2D eigenvalue weighted by Gasteiger charge is 2.03. The van der Waals surface area contributed by atoms with Crippen molar-refractivity contribution >= 4 is 15.9 Å². The van der Waals surface area contributed by atoms with Gasteiger partial charge in [-0.25, -0.2) is 0 Å². The molecule has 1 aromatic heterocycles. The van der Waals surface area contributed by atoms with Crippen LogP contribution in [0.3, 0.4) is 0 Å². The zero-order valence-electron chi connectivity index (χ0n) is 11.3. The molecule has 0 amide bonds. The number of hydrogen-bond donors (Lipinski definition) is 0. The molecule has 0 atom stereocenters. The van der Waals surface area contributed by atoms with Gasteiger partial charge in [0.1, 0.15) is 0 Å². The Bertz CT molecular complexity index is 731. The number of nitrogens with zero attached hydrogens (tertiary/aromatic N) is 2. The minimum atomic E-state index is 0.801. The molecule has 100 valence electrons. The van der Waals surface area contributed by atoms with Crippen molar-refractivity contribution in [1.29, 1.82) is 0 Å². The molecule has 3 rings (SSSR count). The standard InChI is InChI=1S/C17H15BrN2/c1-13-4-2-5-14(8-13)11-20-12-16(10-19-20)15-6-3-7-17(18)9-15/h2-10,12H,11H2,1H3. The topological polar surface area (TPSA) is 17.8 Å². The van der Waals surface area contributed by atoms with E-state index in [9.17, 15) is 0 Å². The van der Waals surface area contributed by atoms with Crippen LogP contribution in [0.5, 0.6) is 0 Å². The Hall–Kier alpha value is -1.87. The molecule has 2 nitrogen and oxygen atoms in total. The molecular formula is C17H15BrN2. The first kappa shape index (κ1) is 13.1. The van der Waals surface area contributed by atoms with E-state index in [-0.39, 0.29) is 0 Å². The van der Waals surface area contributed by atoms with Crippen molar-refractivity contribution < 1.29 is 0 Å². The lowest BCUT2D eigenvalue weighted by Crippen LogP contribution is -1.99. The van der Waals surface area contributed by atoms with Crippen molar-refractivity contribution in [3.05, 3.63) is 76.5 Å². The quantitative estimate of drug-likeness (QED) is 0.683. The fourth-order valence-electron chi connectivity index (χ4n) is 2.26. The third-order valence-electron chi connectivity index (χ3n) is 3.22. The van der Waals surface area contributed by atoms with Crippen LogP contribution in [0.4, 0.5) is 0 Å². The van der Waals surface area contributed by atoms with Gasteiger partial charge < -0.3 is 0 Å². The molecule has 0 aliphatic heterocycles. The molecule has 3 aromatic rings. The fourth-order valence-corrected chi connectivity index (χ4v) is 2.66. The number of hydrogen-bond acceptors (Lipinski definition) is 1. The summed E-state index contributed by atoms with van der Waals surface area (Å²) in [6, 6.07) is 16.8. The van der Waals surface area contributed by atoms with E-state index in [1.807, 2.05) is 23.0 Å². The molecule has 0 aliphatic carbocycles. The van der Waals surface area contributed by atoms with E-state index in [0.717, 1.165) is 16.6 Å². The van der Waals surface area contributed by atoms with Crippen LogP contribution in [0.1, 0.15) is 11.1 Å². The predicted octanol–water partition coefficient (Wildman–Crippen LogP) is 4.67. The molecule has 1 heterocycles. The second-order valence-corrected chi connectivity index (χ2v) is 5.84. The van der Waals surface area contributed by atoms with Crippen LogP contribution in [0.2, 0.25) is 0 Å². The normalized spacial score (nSPS) is 10.7. The Morgan fingerprint density at radius 2 is 1.90 bits per heavy atom. The van der Waals surface area contributed by atoms with Gasteiger partial charge in [-0.2, -0.15) is 5.10 Å². The van der Waals surface area contributed by atoms with Crippen LogP contribution < -0.4 is 0 Å². The molecule has 0 aliphatic rings. The third-order valence-corrected chi connectivity index (χ3v) is 3.71. The molecule has 0 fully saturated rings. The third kappa shape index (κ3) is 2.99. The van der Waals surface area contributed by atoms with Gasteiger partial charge in [-0.15, -0.1) is 0 Å². The summed E-state index contributed by atoms with van der Waals surface area (Å²) < 4.78 is 3.06. The summed E-state index contributed by atoms with van der Waals surface area (Å²) in [5, 5.41) is 4.45. The Labute approximate surface area is 127 Å². The summed E-state index contributed by atoms with van der Waals surface area (Å²) >= 11 is 3.50. The smallest absolute Gasteiger partial charge is 0.0659 e. The molecule has 3 heteroatoms. The number of rotatable bonds is 3. The minimum Gasteiger partial charge on any atom is -0.268 e. The van der Waals surface area contributed by atoms with E-state index >= 15 is 0 Å². The van der Waals surface area contributed by atoms with Crippen molar-refractivity contribution in [2.75, 3.05) is 0 Å². The first-order valence-electron chi connectivity index (χ1n) is 6.55. The highest BCUT2D eigenvalue weighted by molar-refractivity contribution is 9.10. The number of aromatic nitrogens is 2. The monoisotopic (exact) mass is 326 g/mol. The van der Waals surface area contributed by atoms with E-state index in [4.69, 9.17) is 0 Å². The molecule has 0 spiro atoms. The van der Waals surface area contributed by atoms with Crippen LogP contribution in [-0.2, 0) is 6.54 Å². The Balaban J connectivity index is 1.84. The van der Waals surface area contributed by atoms with E-state index in [2.05, 4.69) is 70.5 Å². The van der Waals surface area contributed by atoms with Crippen molar-refractivity contribution in [2.24, 2.45) is 0 Å². The van der Waals surface area contributed by atoms with Gasteiger partial charge in [0.15, 0.2) is 0 Å². The molecule has 20 heavy (non-hydrogen) atoms. The molecular weight excluding hydrogens is 312 g/mol. The van der Waals surface area contributed by atoms with Gasteiger partial charge in [-0.1, -0.05) is 57.9 Å². The van der Waals surface area contributed by atoms with Crippen molar-refractivity contribution in [1.82, 2.24) is 9.78 Å². The summed E-state index contributed by atoms with van der Waals surface area (Å²) in [5.41, 5.74) is 4.87. The van der Waals surface area contributed by atoms with E-state index in [1.165, 1.54) is 16.7 Å². The zero-order valence-corrected chi connectivity index (χ0v) is 12.8. The van der Waals surface area contributed by atoms with E-state index in [0.29, 0.717) is 0 Å². The van der Waals surface area contributed by atoms with Crippen molar-refractivity contribution in [2.45, 2.75) is 13.5 Å². The summed E-state index contributed by atoms with van der Waals surface area (Å²) in [6.07, 6.45) is 4.00. The Morgan fingerprint density at radius 3 is 2.70 bits per heavy atom. The summed E-state index contributed by atoms with van der Waals surface area (Å²) in [7, 11) is 0. The molecule has 0 saturated heterocycles. The highest BCUT2D eigenvalue weighted by Crippen LogP contribution is 2.22. The lowest BCUT2D eigenvalue weighted by atomic mass is 10.1. The second-order valence-electron chi connectivity index (χ2n) is 4.93. The largest absolute Gasteiger partial charge is 0.268 e. The minimum absolute atomic E-state index is 0.801. The van der Waals surface area contributed by atoms with Crippen molar-refractivity contribution in [3.8, 4) is 11.1 Å². The Kier molecular flexibility index (Phi) is 3.70. The number of halogens is 1. The maximum Gasteiger partial charge on any atom is 0.0659 e. The Morgan fingerprint density at radius 1 is 1.05 bits per heavy atom. The van der Waals surface area contributed by atoms with Gasteiger partial charge in [-0.3, -0.25) is 4.68 Å². The molecule has 0 unspecified atom stereocenters. The van der Waals surface area contributed by atoms with Gasteiger partial charge in [0.2, 0.25) is 0 Å². The van der Waals surface area contributed by atoms with Crippen molar-refractivity contribution in [3.63, 3.8) is 0 Å². The van der Waals surface area contributed by atoms with Gasteiger partial charge in [0, 0.05) is 16.2 Å². The molecule has 0 radical (unpaired) electrons. The molecule has 0 saturated carbocycles. The zero-order chi connectivity index (χ0) is 13.9. The maximum absolute atomic E-state index is 4.45. The predicted molar refractivity (Wildman–Crippen MR) is 85.6 cm³/mol. The molecule has 2 aromatic carbocycles.